The van der Waals surface area contributed by atoms with Crippen LogP contribution >= 0.6 is 11.6 Å². The fourth-order valence-corrected chi connectivity index (χ4v) is 3.23. The first-order valence-electron chi connectivity index (χ1n) is 9.66. The van der Waals surface area contributed by atoms with E-state index >= 15 is 0 Å². The molecule has 0 radical (unpaired) electrons. The molecule has 140 valence electrons. The van der Waals surface area contributed by atoms with E-state index in [1.54, 1.807) is 0 Å². The van der Waals surface area contributed by atoms with Crippen molar-refractivity contribution in [2.75, 3.05) is 19.8 Å². The van der Waals surface area contributed by atoms with Gasteiger partial charge in [0.1, 0.15) is 0 Å². The van der Waals surface area contributed by atoms with Gasteiger partial charge in [0, 0.05) is 12.5 Å². The minimum absolute atomic E-state index is 0.0807. The van der Waals surface area contributed by atoms with E-state index in [2.05, 4.69) is 6.92 Å². The Kier molecular flexibility index (Phi) is 15.8. The van der Waals surface area contributed by atoms with Crippen LogP contribution in [0.1, 0.15) is 90.4 Å². The van der Waals surface area contributed by atoms with Crippen LogP contribution in [0.4, 0.5) is 0 Å². The van der Waals surface area contributed by atoms with E-state index in [0.717, 1.165) is 19.3 Å². The van der Waals surface area contributed by atoms with Gasteiger partial charge < -0.3 is 15.3 Å². The monoisotopic (exact) mass is 350 g/mol. The number of hydrogen-bond donors (Lipinski definition) is 3. The van der Waals surface area contributed by atoms with Crippen LogP contribution < -0.4 is 0 Å². The molecule has 0 amide bonds. The van der Waals surface area contributed by atoms with Crippen LogP contribution in [0.15, 0.2) is 0 Å². The molecule has 1 unspecified atom stereocenters. The highest BCUT2D eigenvalue weighted by Gasteiger charge is 2.34. The third-order valence-corrected chi connectivity index (χ3v) is 5.43. The highest BCUT2D eigenvalue weighted by atomic mass is 35.5. The average Bonchev–Trinajstić information content (AvgIpc) is 2.58. The van der Waals surface area contributed by atoms with Gasteiger partial charge in [0.15, 0.2) is 0 Å². The molecule has 0 rings (SSSR count). The third-order valence-electron chi connectivity index (χ3n) is 4.88. The van der Waals surface area contributed by atoms with Crippen LogP contribution in [-0.2, 0) is 0 Å². The number of aliphatic hydroxyl groups is 3. The number of unbranched alkanes of at least 4 members (excludes halogenated alkanes) is 11. The molecule has 0 bridgehead atoms. The van der Waals surface area contributed by atoms with Crippen molar-refractivity contribution in [2.45, 2.75) is 95.3 Å². The van der Waals surface area contributed by atoms with Crippen molar-refractivity contribution >= 4 is 11.6 Å². The summed E-state index contributed by atoms with van der Waals surface area (Å²) in [7, 11) is 0. The smallest absolute Gasteiger partial charge is 0.0955 e. The number of halogens is 1. The van der Waals surface area contributed by atoms with Gasteiger partial charge >= 0.3 is 0 Å². The maximum absolute atomic E-state index is 9.39. The Hall–Kier alpha value is 0.170. The number of alkyl halides is 1. The summed E-state index contributed by atoms with van der Waals surface area (Å²) in [6.45, 7) is 1.58. The van der Waals surface area contributed by atoms with Gasteiger partial charge in [-0.25, -0.2) is 0 Å². The number of rotatable bonds is 17. The highest BCUT2D eigenvalue weighted by Crippen LogP contribution is 2.29. The summed E-state index contributed by atoms with van der Waals surface area (Å²) in [5.74, 6) is -0.234. The van der Waals surface area contributed by atoms with Crippen LogP contribution in [-0.4, -0.2) is 40.0 Å². The molecular formula is C19H39ClO3. The van der Waals surface area contributed by atoms with Crippen molar-refractivity contribution in [3.63, 3.8) is 0 Å². The lowest BCUT2D eigenvalue weighted by Crippen LogP contribution is -2.41. The molecule has 3 nitrogen and oxygen atoms in total. The van der Waals surface area contributed by atoms with E-state index in [9.17, 15) is 15.3 Å². The topological polar surface area (TPSA) is 60.7 Å². The largest absolute Gasteiger partial charge is 0.396 e. The van der Waals surface area contributed by atoms with E-state index in [1.807, 2.05) is 0 Å². The number of hydrogen-bond acceptors (Lipinski definition) is 3. The van der Waals surface area contributed by atoms with Gasteiger partial charge in [0.25, 0.3) is 0 Å². The van der Waals surface area contributed by atoms with E-state index in [4.69, 9.17) is 11.6 Å². The van der Waals surface area contributed by atoms with Gasteiger partial charge in [-0.1, -0.05) is 84.0 Å². The normalized spacial score (nSPS) is 13.4. The van der Waals surface area contributed by atoms with Crippen molar-refractivity contribution in [1.29, 1.82) is 0 Å². The molecule has 0 heterocycles. The summed E-state index contributed by atoms with van der Waals surface area (Å²) in [5.41, 5.74) is 0. The van der Waals surface area contributed by atoms with Gasteiger partial charge in [-0.15, -0.1) is 11.6 Å². The molecule has 0 aliphatic carbocycles. The van der Waals surface area contributed by atoms with Gasteiger partial charge in [-0.05, 0) is 6.42 Å². The zero-order valence-electron chi connectivity index (χ0n) is 15.1. The van der Waals surface area contributed by atoms with Crippen LogP contribution in [0.2, 0.25) is 0 Å². The molecule has 0 aromatic heterocycles. The van der Waals surface area contributed by atoms with Crippen LogP contribution in [0.3, 0.4) is 0 Å². The third kappa shape index (κ3) is 11.4. The van der Waals surface area contributed by atoms with Crippen molar-refractivity contribution in [2.24, 2.45) is 5.92 Å². The molecule has 3 N–H and O–H groups in total. The van der Waals surface area contributed by atoms with E-state index in [-0.39, 0.29) is 25.7 Å². The van der Waals surface area contributed by atoms with Crippen LogP contribution in [0.5, 0.6) is 0 Å². The first-order valence-corrected chi connectivity index (χ1v) is 10.0. The molecule has 4 heteroatoms. The lowest BCUT2D eigenvalue weighted by Gasteiger charge is -2.30. The van der Waals surface area contributed by atoms with E-state index in [0.29, 0.717) is 0 Å². The van der Waals surface area contributed by atoms with Crippen molar-refractivity contribution in [3.05, 3.63) is 0 Å². The van der Waals surface area contributed by atoms with Crippen LogP contribution in [0.25, 0.3) is 0 Å². The number of aliphatic hydroxyl groups excluding tert-OH is 3. The summed E-state index contributed by atoms with van der Waals surface area (Å²) >= 11 is 6.16. The molecule has 1 atom stereocenters. The van der Waals surface area contributed by atoms with E-state index in [1.165, 1.54) is 64.2 Å². The Morgan fingerprint density at radius 3 is 1.43 bits per heavy atom. The molecule has 23 heavy (non-hydrogen) atoms. The summed E-state index contributed by atoms with van der Waals surface area (Å²) in [4.78, 5) is -1.08. The molecule has 0 fully saturated rings. The van der Waals surface area contributed by atoms with Crippen molar-refractivity contribution in [1.82, 2.24) is 0 Å². The SMILES string of the molecule is CCCCCCCCCCCCCCC(CO)C(Cl)(CO)CO. The Morgan fingerprint density at radius 1 is 0.696 bits per heavy atom. The lowest BCUT2D eigenvalue weighted by atomic mass is 9.88. The molecule has 0 saturated heterocycles. The minimum Gasteiger partial charge on any atom is -0.396 e. The van der Waals surface area contributed by atoms with Crippen LogP contribution in [0, 0.1) is 5.92 Å². The summed E-state index contributed by atoms with van der Waals surface area (Å²) in [5, 5.41) is 27.9. The Morgan fingerprint density at radius 2 is 1.09 bits per heavy atom. The van der Waals surface area contributed by atoms with Crippen molar-refractivity contribution in [3.8, 4) is 0 Å². The molecule has 0 aromatic rings. The molecular weight excluding hydrogens is 312 g/mol. The molecule has 0 aliphatic heterocycles. The fourth-order valence-electron chi connectivity index (χ4n) is 3.05. The second kappa shape index (κ2) is 15.7. The van der Waals surface area contributed by atoms with Gasteiger partial charge in [-0.3, -0.25) is 0 Å². The summed E-state index contributed by atoms with van der Waals surface area (Å²) < 4.78 is 0. The van der Waals surface area contributed by atoms with Gasteiger partial charge in [0.05, 0.1) is 18.1 Å². The highest BCUT2D eigenvalue weighted by molar-refractivity contribution is 6.24. The lowest BCUT2D eigenvalue weighted by molar-refractivity contribution is 0.0866. The Bertz CT molecular complexity index is 245. The molecule has 0 spiro atoms. The summed E-state index contributed by atoms with van der Waals surface area (Å²) in [6, 6.07) is 0. The predicted molar refractivity (Wildman–Crippen MR) is 99.0 cm³/mol. The van der Waals surface area contributed by atoms with Gasteiger partial charge in [-0.2, -0.15) is 0 Å². The minimum atomic E-state index is -1.08. The standard InChI is InChI=1S/C19H39ClO3/c1-2-3-4-5-6-7-8-9-10-11-12-13-14-18(15-21)19(20,16-22)17-23/h18,21-23H,2-17H2,1H3. The summed E-state index contributed by atoms with van der Waals surface area (Å²) in [6.07, 6.45) is 16.3. The zero-order chi connectivity index (χ0) is 17.4. The second-order valence-corrected chi connectivity index (χ2v) is 7.66. The van der Waals surface area contributed by atoms with E-state index < -0.39 is 4.87 Å². The van der Waals surface area contributed by atoms with Gasteiger partial charge in [0.2, 0.25) is 0 Å². The Labute approximate surface area is 148 Å². The average molecular weight is 351 g/mol. The molecule has 0 aromatic carbocycles. The zero-order valence-corrected chi connectivity index (χ0v) is 15.9. The maximum atomic E-state index is 9.39. The second-order valence-electron chi connectivity index (χ2n) is 6.91. The Balaban J connectivity index is 3.47. The first-order chi connectivity index (χ1) is 11.1. The first kappa shape index (κ1) is 23.2. The molecule has 0 aliphatic rings. The maximum Gasteiger partial charge on any atom is 0.0955 e. The van der Waals surface area contributed by atoms with Crippen molar-refractivity contribution < 1.29 is 15.3 Å². The molecule has 0 saturated carbocycles. The fraction of sp³-hybridized carbons (Fsp3) is 1.00. The predicted octanol–water partition coefficient (Wildman–Crippen LogP) is 4.65. The quantitative estimate of drug-likeness (QED) is 0.264.